The van der Waals surface area contributed by atoms with E-state index in [9.17, 15) is 12.6 Å². The normalized spacial score (nSPS) is 18.3. The van der Waals surface area contributed by atoms with Crippen LogP contribution < -0.4 is 9.08 Å². The van der Waals surface area contributed by atoms with Gasteiger partial charge in [-0.05, 0) is 68.7 Å². The number of nitrogens with zero attached hydrogens (tertiary/aromatic N) is 2. The lowest BCUT2D eigenvalue weighted by Crippen LogP contribution is -2.28. The van der Waals surface area contributed by atoms with E-state index in [4.69, 9.17) is 4.18 Å². The van der Waals surface area contributed by atoms with Crippen LogP contribution in [-0.2, 0) is 31.7 Å². The molecule has 2 aromatic rings. The van der Waals surface area contributed by atoms with Crippen LogP contribution in [0.25, 0.3) is 0 Å². The molecule has 0 saturated carbocycles. The predicted octanol–water partition coefficient (Wildman–Crippen LogP) is 9.32. The zero-order valence-electron chi connectivity index (χ0n) is 30.0. The summed E-state index contributed by atoms with van der Waals surface area (Å²) in [5.74, 6) is 0.626. The highest BCUT2D eigenvalue weighted by molar-refractivity contribution is 7.90. The third-order valence-corrected chi connectivity index (χ3v) is 11.4. The smallest absolute Gasteiger partial charge is 0.210 e. The molecular formula is C39H57N2O4S2+. The zero-order valence-corrected chi connectivity index (χ0v) is 31.7. The third-order valence-electron chi connectivity index (χ3n) is 9.85. The highest BCUT2D eigenvalue weighted by atomic mass is 32.2. The van der Waals surface area contributed by atoms with Gasteiger partial charge in [-0.2, -0.15) is 4.58 Å². The second kappa shape index (κ2) is 15.7. The largest absolute Gasteiger partial charge is 0.401 e. The molecule has 0 radical (unpaired) electrons. The van der Waals surface area contributed by atoms with E-state index in [0.29, 0.717) is 10.6 Å². The van der Waals surface area contributed by atoms with E-state index in [1.165, 1.54) is 80.3 Å². The van der Waals surface area contributed by atoms with Crippen molar-refractivity contribution in [2.24, 2.45) is 0 Å². The summed E-state index contributed by atoms with van der Waals surface area (Å²) in [7, 11) is -3.32. The first-order chi connectivity index (χ1) is 22.2. The van der Waals surface area contributed by atoms with E-state index in [0.717, 1.165) is 37.2 Å². The Balaban J connectivity index is 1.73. The summed E-state index contributed by atoms with van der Waals surface area (Å²) in [6.45, 7) is 15.2. The van der Waals surface area contributed by atoms with Gasteiger partial charge < -0.3 is 9.08 Å². The monoisotopic (exact) mass is 681 g/mol. The van der Waals surface area contributed by atoms with E-state index in [2.05, 4.69) is 81.4 Å². The molecule has 1 atom stereocenters. The Morgan fingerprint density at radius 2 is 1.51 bits per heavy atom. The first-order valence-electron chi connectivity index (χ1n) is 17.6. The van der Waals surface area contributed by atoms with Gasteiger partial charge in [-0.25, -0.2) is 12.6 Å². The summed E-state index contributed by atoms with van der Waals surface area (Å²) in [5, 5.41) is 0. The molecule has 0 saturated heterocycles. The van der Waals surface area contributed by atoms with Crippen LogP contribution in [0.5, 0.6) is 5.75 Å². The highest BCUT2D eigenvalue weighted by Crippen LogP contribution is 2.49. The molecule has 2 aliphatic rings. The predicted molar refractivity (Wildman–Crippen MR) is 199 cm³/mol. The molecule has 0 aromatic heterocycles. The molecule has 0 aliphatic carbocycles. The first-order valence-corrected chi connectivity index (χ1v) is 20.9. The van der Waals surface area contributed by atoms with Gasteiger partial charge in [0.15, 0.2) is 15.5 Å². The molecular weight excluding hydrogens is 625 g/mol. The molecule has 1 unspecified atom stereocenters. The minimum absolute atomic E-state index is 0.278. The fraction of sp³-hybridized carbons (Fsp3) is 0.564. The number of sulfone groups is 1. The molecule has 0 amide bonds. The first kappa shape index (κ1) is 37.1. The van der Waals surface area contributed by atoms with Crippen LogP contribution in [0, 0.1) is 0 Å². The Hall–Kier alpha value is -2.71. The molecule has 258 valence electrons. The van der Waals surface area contributed by atoms with Crippen molar-refractivity contribution in [3.8, 4) is 5.75 Å². The lowest BCUT2D eigenvalue weighted by molar-refractivity contribution is -0.438. The Morgan fingerprint density at radius 3 is 2.15 bits per heavy atom. The van der Waals surface area contributed by atoms with Crippen molar-refractivity contribution in [2.75, 3.05) is 30.5 Å². The summed E-state index contributed by atoms with van der Waals surface area (Å²) >= 11 is -1.39. The van der Waals surface area contributed by atoms with Crippen LogP contribution in [0.15, 0.2) is 65.2 Å². The van der Waals surface area contributed by atoms with Crippen molar-refractivity contribution in [1.29, 1.82) is 0 Å². The number of hydrogen-bond donors (Lipinski definition) is 0. The molecule has 0 bridgehead atoms. The fourth-order valence-electron chi connectivity index (χ4n) is 7.19. The van der Waals surface area contributed by atoms with Crippen LogP contribution in [-0.4, -0.2) is 48.5 Å². The fourth-order valence-corrected chi connectivity index (χ4v) is 8.21. The van der Waals surface area contributed by atoms with Crippen molar-refractivity contribution in [2.45, 2.75) is 121 Å². The number of unbranched alkanes of at least 4 members (excludes halogenated alkanes) is 8. The zero-order chi connectivity index (χ0) is 34.4. The minimum atomic E-state index is -3.32. The molecule has 4 rings (SSSR count). The Kier molecular flexibility index (Phi) is 12.4. The third kappa shape index (κ3) is 8.48. The molecule has 8 heteroatoms. The topological polar surface area (TPSA) is 66.7 Å². The summed E-state index contributed by atoms with van der Waals surface area (Å²) in [6.07, 6.45) is 21.5. The Labute approximate surface area is 287 Å². The second-order valence-corrected chi connectivity index (χ2v) is 17.3. The molecule has 6 nitrogen and oxygen atoms in total. The van der Waals surface area contributed by atoms with E-state index in [1.54, 1.807) is 12.3 Å². The average molecular weight is 682 g/mol. The summed E-state index contributed by atoms with van der Waals surface area (Å²) < 4.78 is 44.9. The van der Waals surface area contributed by atoms with Gasteiger partial charge in [0.25, 0.3) is 0 Å². The minimum Gasteiger partial charge on any atom is -0.401 e. The lowest BCUT2D eigenvalue weighted by Gasteiger charge is -2.27. The molecule has 0 fully saturated rings. The Bertz CT molecular complexity index is 1650. The molecule has 47 heavy (non-hydrogen) atoms. The van der Waals surface area contributed by atoms with E-state index in [-0.39, 0.29) is 10.8 Å². The van der Waals surface area contributed by atoms with Crippen molar-refractivity contribution in [3.63, 3.8) is 0 Å². The van der Waals surface area contributed by atoms with Crippen LogP contribution >= 0.6 is 0 Å². The number of allylic oxidation sites excluding steroid dienone is 4. The van der Waals surface area contributed by atoms with Gasteiger partial charge in [0.1, 0.15) is 12.3 Å². The summed E-state index contributed by atoms with van der Waals surface area (Å²) in [5.41, 5.74) is 6.31. The van der Waals surface area contributed by atoms with Gasteiger partial charge in [0, 0.05) is 60.0 Å². The van der Waals surface area contributed by atoms with Gasteiger partial charge in [-0.15, -0.1) is 0 Å². The van der Waals surface area contributed by atoms with Crippen LogP contribution in [0.4, 0.5) is 11.4 Å². The maximum atomic E-state index is 12.5. The second-order valence-electron chi connectivity index (χ2n) is 14.3. The van der Waals surface area contributed by atoms with Gasteiger partial charge in [-0.3, -0.25) is 0 Å². The maximum absolute atomic E-state index is 12.5. The molecule has 2 heterocycles. The number of anilines is 1. The average Bonchev–Trinajstić information content (AvgIpc) is 3.34. The van der Waals surface area contributed by atoms with Gasteiger partial charge in [0.2, 0.25) is 16.8 Å². The van der Waals surface area contributed by atoms with E-state index < -0.39 is 20.9 Å². The number of fused-ring (bicyclic) bond motifs is 2. The van der Waals surface area contributed by atoms with Crippen molar-refractivity contribution in [3.05, 3.63) is 71.5 Å². The van der Waals surface area contributed by atoms with Gasteiger partial charge in [0.05, 0.1) is 10.3 Å². The SMILES string of the molecule is CCCCCCCN1C(=CC=CC2=[N+](CCCCCCC)c3ccc(OS(C)=O)cc3C2(C)C)C(C)(C)c2cc(S(C)(=O)=O)ccc21. The standard InChI is InChI=1S/C39H57N2O4S2/c1-9-11-13-15-17-26-40-34-24-22-30(45-46(7)42)28-32(34)38(3,4)36(40)20-19-21-37-39(5,6)33-29-31(47(8,43)44)23-25-35(33)41(37)27-18-16-14-12-10-2/h19-25,28-29H,9-18,26-27H2,1-8H3/q+1. The van der Waals surface area contributed by atoms with Crippen molar-refractivity contribution in [1.82, 2.24) is 0 Å². The number of benzene rings is 2. The summed E-state index contributed by atoms with van der Waals surface area (Å²) in [4.78, 5) is 2.78. The van der Waals surface area contributed by atoms with Crippen molar-refractivity contribution < 1.29 is 21.4 Å². The van der Waals surface area contributed by atoms with E-state index >= 15 is 0 Å². The van der Waals surface area contributed by atoms with E-state index in [1.807, 2.05) is 18.2 Å². The van der Waals surface area contributed by atoms with Gasteiger partial charge >= 0.3 is 0 Å². The van der Waals surface area contributed by atoms with Crippen LogP contribution in [0.3, 0.4) is 0 Å². The molecule has 0 spiro atoms. The van der Waals surface area contributed by atoms with Gasteiger partial charge in [-0.1, -0.05) is 78.7 Å². The lowest BCUT2D eigenvalue weighted by atomic mass is 9.81. The van der Waals surface area contributed by atoms with Crippen LogP contribution in [0.1, 0.15) is 117 Å². The number of hydrogen-bond acceptors (Lipinski definition) is 5. The molecule has 0 N–H and O–H groups in total. The number of rotatable bonds is 17. The Morgan fingerprint density at radius 1 is 0.851 bits per heavy atom. The highest BCUT2D eigenvalue weighted by Gasteiger charge is 2.45. The maximum Gasteiger partial charge on any atom is 0.210 e. The molecule has 2 aromatic carbocycles. The van der Waals surface area contributed by atoms with Crippen LogP contribution in [0.2, 0.25) is 0 Å². The van der Waals surface area contributed by atoms with Crippen molar-refractivity contribution >= 4 is 38.0 Å². The quantitative estimate of drug-likeness (QED) is 0.123. The molecule has 2 aliphatic heterocycles. The summed E-state index contributed by atoms with van der Waals surface area (Å²) in [6, 6.07) is 11.7.